The molecule has 2 heterocycles. The van der Waals surface area contributed by atoms with E-state index in [2.05, 4.69) is 19.9 Å². The predicted molar refractivity (Wildman–Crippen MR) is 39.6 cm³/mol. The molecule has 60 valence electrons. The Balaban J connectivity index is 2.76. The number of fused-ring (bicyclic) bond motifs is 1. The third kappa shape index (κ3) is 1.02. The topological polar surface area (TPSA) is 88.6 Å². The van der Waals surface area contributed by atoms with Gasteiger partial charge in [0.1, 0.15) is 5.52 Å². The number of rotatable bonds is 1. The quantitative estimate of drug-likeness (QED) is 0.634. The molecule has 12 heavy (non-hydrogen) atoms. The van der Waals surface area contributed by atoms with Gasteiger partial charge in [0.05, 0.1) is 12.5 Å². The Kier molecular flexibility index (Phi) is 1.48. The molecule has 2 rings (SSSR count). The molecule has 6 nitrogen and oxygen atoms in total. The van der Waals surface area contributed by atoms with E-state index in [1.807, 2.05) is 0 Å². The Morgan fingerprint density at radius 2 is 2.17 bits per heavy atom. The summed E-state index contributed by atoms with van der Waals surface area (Å²) in [5.74, 6) is 0. The first-order chi connectivity index (χ1) is 5.77. The summed E-state index contributed by atoms with van der Waals surface area (Å²) < 4.78 is 20.9. The van der Waals surface area contributed by atoms with Gasteiger partial charge in [0.2, 0.25) is 0 Å². The molecule has 0 aliphatic heterocycles. The number of aromatic amines is 1. The van der Waals surface area contributed by atoms with Gasteiger partial charge in [-0.25, -0.2) is 19.1 Å². The average molecular weight is 182 g/mol. The third-order valence-corrected chi connectivity index (χ3v) is 1.87. The second-order valence-electron chi connectivity index (χ2n) is 2.07. The van der Waals surface area contributed by atoms with Gasteiger partial charge in [-0.3, -0.25) is 0 Å². The number of aromatic nitrogens is 4. The molecule has 0 atom stereocenters. The zero-order valence-corrected chi connectivity index (χ0v) is 6.65. The SMILES string of the molecule is O=P(=O)c1ncc2[nH]cnc2n1. The van der Waals surface area contributed by atoms with Gasteiger partial charge in [0, 0.05) is 0 Å². The lowest BCUT2D eigenvalue weighted by atomic mass is 10.6. The molecule has 0 radical (unpaired) electrons. The Morgan fingerprint density at radius 3 is 2.92 bits per heavy atom. The van der Waals surface area contributed by atoms with Crippen LogP contribution in [-0.2, 0) is 9.13 Å². The summed E-state index contributed by atoms with van der Waals surface area (Å²) in [6.45, 7) is 0. The van der Waals surface area contributed by atoms with Gasteiger partial charge in [-0.05, 0) is 0 Å². The predicted octanol–water partition coefficient (Wildman–Crippen LogP) is 0.151. The standard InChI is InChI=1S/C5H3N4O2P/c10-12(11)5-6-1-3-4(9-5)8-2-7-3/h1-2H,(H,6,7,8,9). The van der Waals surface area contributed by atoms with E-state index < -0.39 is 7.68 Å². The lowest BCUT2D eigenvalue weighted by Gasteiger charge is -1.86. The summed E-state index contributed by atoms with van der Waals surface area (Å²) in [6.07, 6.45) is 2.82. The zero-order valence-electron chi connectivity index (χ0n) is 5.76. The molecule has 2 aromatic heterocycles. The van der Waals surface area contributed by atoms with Crippen molar-refractivity contribution in [2.45, 2.75) is 0 Å². The summed E-state index contributed by atoms with van der Waals surface area (Å²) in [4.78, 5) is 13.8. The number of nitrogens with zero attached hydrogens (tertiary/aromatic N) is 3. The molecule has 0 aliphatic rings. The van der Waals surface area contributed by atoms with Crippen LogP contribution >= 0.6 is 7.68 Å². The van der Waals surface area contributed by atoms with E-state index in [4.69, 9.17) is 0 Å². The maximum atomic E-state index is 10.4. The van der Waals surface area contributed by atoms with Gasteiger partial charge in [0.25, 0.3) is 5.57 Å². The van der Waals surface area contributed by atoms with Crippen molar-refractivity contribution in [3.8, 4) is 0 Å². The molecule has 0 unspecified atom stereocenters. The number of hydrogen-bond donors (Lipinski definition) is 1. The molecular weight excluding hydrogens is 179 g/mol. The molecule has 0 saturated carbocycles. The second kappa shape index (κ2) is 2.49. The van der Waals surface area contributed by atoms with E-state index >= 15 is 0 Å². The lowest BCUT2D eigenvalue weighted by Crippen LogP contribution is -2.04. The first-order valence-corrected chi connectivity index (χ1v) is 4.25. The number of H-pyrrole nitrogens is 1. The van der Waals surface area contributed by atoms with E-state index in [1.54, 1.807) is 0 Å². The van der Waals surface area contributed by atoms with Gasteiger partial charge in [-0.15, -0.1) is 0 Å². The molecule has 0 aliphatic carbocycles. The van der Waals surface area contributed by atoms with E-state index in [9.17, 15) is 9.13 Å². The molecule has 0 fully saturated rings. The molecule has 0 saturated heterocycles. The van der Waals surface area contributed by atoms with E-state index in [-0.39, 0.29) is 5.57 Å². The van der Waals surface area contributed by atoms with Crippen LogP contribution in [0.1, 0.15) is 0 Å². The van der Waals surface area contributed by atoms with Crippen LogP contribution in [0.2, 0.25) is 0 Å². The highest BCUT2D eigenvalue weighted by Crippen LogP contribution is 2.04. The fourth-order valence-corrected chi connectivity index (χ4v) is 1.14. The molecule has 0 spiro atoms. The van der Waals surface area contributed by atoms with Crippen molar-refractivity contribution in [1.29, 1.82) is 0 Å². The third-order valence-electron chi connectivity index (χ3n) is 1.33. The highest BCUT2D eigenvalue weighted by molar-refractivity contribution is 7.39. The van der Waals surface area contributed by atoms with Gasteiger partial charge in [-0.2, -0.15) is 4.98 Å². The van der Waals surface area contributed by atoms with Crippen molar-refractivity contribution in [3.63, 3.8) is 0 Å². The Bertz CT molecular complexity index is 481. The van der Waals surface area contributed by atoms with Gasteiger partial charge >= 0.3 is 7.68 Å². The van der Waals surface area contributed by atoms with Crippen molar-refractivity contribution in [1.82, 2.24) is 19.9 Å². The summed E-state index contributed by atoms with van der Waals surface area (Å²) in [6, 6.07) is 0. The van der Waals surface area contributed by atoms with Crippen molar-refractivity contribution in [2.24, 2.45) is 0 Å². The molecule has 0 amide bonds. The number of nitrogens with one attached hydrogen (secondary N) is 1. The van der Waals surface area contributed by atoms with E-state index in [0.717, 1.165) is 0 Å². The van der Waals surface area contributed by atoms with Crippen LogP contribution in [0.3, 0.4) is 0 Å². The normalized spacial score (nSPS) is 10.3. The average Bonchev–Trinajstić information content (AvgIpc) is 2.49. The molecule has 1 N–H and O–H groups in total. The van der Waals surface area contributed by atoms with E-state index in [0.29, 0.717) is 11.2 Å². The lowest BCUT2D eigenvalue weighted by molar-refractivity contribution is 0.521. The minimum Gasteiger partial charge on any atom is -0.342 e. The molecule has 0 aromatic carbocycles. The molecule has 7 heteroatoms. The van der Waals surface area contributed by atoms with Crippen LogP contribution in [0.25, 0.3) is 11.2 Å². The Hall–Kier alpha value is -1.55. The maximum Gasteiger partial charge on any atom is 0.387 e. The second-order valence-corrected chi connectivity index (χ2v) is 2.98. The first kappa shape index (κ1) is 7.12. The summed E-state index contributed by atoms with van der Waals surface area (Å²) >= 11 is 0. The highest BCUT2D eigenvalue weighted by Gasteiger charge is 2.04. The van der Waals surface area contributed by atoms with Gasteiger partial charge in [-0.1, -0.05) is 0 Å². The van der Waals surface area contributed by atoms with Crippen molar-refractivity contribution >= 4 is 24.4 Å². The van der Waals surface area contributed by atoms with Crippen molar-refractivity contribution in [2.75, 3.05) is 0 Å². The fraction of sp³-hybridized carbons (Fsp3) is 0. The van der Waals surface area contributed by atoms with Crippen LogP contribution in [-0.4, -0.2) is 19.9 Å². The summed E-state index contributed by atoms with van der Waals surface area (Å²) in [7, 11) is -2.73. The smallest absolute Gasteiger partial charge is 0.342 e. The summed E-state index contributed by atoms with van der Waals surface area (Å²) in [5.41, 5.74) is 0.777. The van der Waals surface area contributed by atoms with Crippen LogP contribution in [0.5, 0.6) is 0 Å². The van der Waals surface area contributed by atoms with Gasteiger partial charge < -0.3 is 4.98 Å². The molecule has 0 bridgehead atoms. The minimum absolute atomic E-state index is 0.204. The monoisotopic (exact) mass is 182 g/mol. The fourth-order valence-electron chi connectivity index (χ4n) is 0.815. The zero-order chi connectivity index (χ0) is 8.55. The van der Waals surface area contributed by atoms with Crippen molar-refractivity contribution in [3.05, 3.63) is 12.5 Å². The van der Waals surface area contributed by atoms with Crippen LogP contribution in [0, 0.1) is 0 Å². The Morgan fingerprint density at radius 1 is 1.33 bits per heavy atom. The number of hydrogen-bond acceptors (Lipinski definition) is 5. The number of imidazole rings is 1. The highest BCUT2D eigenvalue weighted by atomic mass is 31.1. The first-order valence-electron chi connectivity index (χ1n) is 3.08. The largest absolute Gasteiger partial charge is 0.387 e. The van der Waals surface area contributed by atoms with Crippen LogP contribution < -0.4 is 5.57 Å². The van der Waals surface area contributed by atoms with Crippen LogP contribution in [0.4, 0.5) is 0 Å². The minimum atomic E-state index is -2.73. The van der Waals surface area contributed by atoms with E-state index in [1.165, 1.54) is 12.5 Å². The van der Waals surface area contributed by atoms with Crippen LogP contribution in [0.15, 0.2) is 12.5 Å². The Labute approximate surface area is 66.9 Å². The summed E-state index contributed by atoms with van der Waals surface area (Å²) in [5, 5.41) is 0. The van der Waals surface area contributed by atoms with Gasteiger partial charge in [0.15, 0.2) is 5.65 Å². The maximum absolute atomic E-state index is 10.4. The molecule has 2 aromatic rings. The molecular formula is C5H3N4O2P. The van der Waals surface area contributed by atoms with Crippen molar-refractivity contribution < 1.29 is 9.13 Å².